The van der Waals surface area contributed by atoms with Crippen LogP contribution in [0.25, 0.3) is 11.0 Å². The van der Waals surface area contributed by atoms with Crippen LogP contribution in [0.15, 0.2) is 12.1 Å². The molecule has 0 spiro atoms. The molecule has 3 aliphatic rings. The van der Waals surface area contributed by atoms with Crippen LogP contribution in [-0.2, 0) is 21.4 Å². The van der Waals surface area contributed by atoms with Crippen LogP contribution in [0.2, 0.25) is 0 Å². The highest BCUT2D eigenvalue weighted by molar-refractivity contribution is 6.02. The molecule has 1 N–H and O–H groups in total. The van der Waals surface area contributed by atoms with Crippen molar-refractivity contribution in [3.8, 4) is 0 Å². The Kier molecular flexibility index (Phi) is 7.33. The average molecular weight is 525 g/mol. The Morgan fingerprint density at radius 2 is 1.68 bits per heavy atom. The smallest absolute Gasteiger partial charge is 0.410 e. The third-order valence-corrected chi connectivity index (χ3v) is 8.14. The lowest BCUT2D eigenvalue weighted by Gasteiger charge is -2.37. The van der Waals surface area contributed by atoms with Gasteiger partial charge in [-0.25, -0.2) is 9.78 Å². The van der Waals surface area contributed by atoms with Gasteiger partial charge in [-0.2, -0.15) is 5.10 Å². The van der Waals surface area contributed by atoms with Gasteiger partial charge in [-0.3, -0.25) is 19.6 Å². The topological polar surface area (TPSA) is 110 Å². The van der Waals surface area contributed by atoms with E-state index in [0.29, 0.717) is 30.4 Å². The number of fused-ring (bicyclic) bond motifs is 1. The minimum absolute atomic E-state index is 0.189. The van der Waals surface area contributed by atoms with E-state index in [-0.39, 0.29) is 17.9 Å². The second kappa shape index (κ2) is 10.5. The number of nitrogens with zero attached hydrogens (tertiary/aromatic N) is 5. The fraction of sp³-hybridized carbons (Fsp3) is 0.679. The van der Waals surface area contributed by atoms with E-state index in [9.17, 15) is 14.4 Å². The highest BCUT2D eigenvalue weighted by Gasteiger charge is 2.33. The molecule has 5 rings (SSSR count). The Morgan fingerprint density at radius 3 is 2.32 bits per heavy atom. The number of pyridine rings is 1. The molecular weight excluding hydrogens is 484 g/mol. The van der Waals surface area contributed by atoms with Crippen LogP contribution in [-0.4, -0.2) is 69.4 Å². The first-order valence-electron chi connectivity index (χ1n) is 14.0. The summed E-state index contributed by atoms with van der Waals surface area (Å²) in [5, 5.41) is 7.92. The zero-order valence-corrected chi connectivity index (χ0v) is 23.0. The highest BCUT2D eigenvalue weighted by Crippen LogP contribution is 2.34. The van der Waals surface area contributed by atoms with Gasteiger partial charge in [-0.05, 0) is 83.3 Å². The molecular formula is C28H40N6O4. The Bertz CT molecular complexity index is 1200. The van der Waals surface area contributed by atoms with Crippen molar-refractivity contribution in [1.82, 2.24) is 25.0 Å². The van der Waals surface area contributed by atoms with Crippen LogP contribution in [0.4, 0.5) is 10.6 Å². The minimum Gasteiger partial charge on any atom is -0.444 e. The largest absolute Gasteiger partial charge is 0.444 e. The van der Waals surface area contributed by atoms with Gasteiger partial charge in [0.05, 0.1) is 11.6 Å². The highest BCUT2D eigenvalue weighted by atomic mass is 16.6. The van der Waals surface area contributed by atoms with Crippen molar-refractivity contribution in [1.29, 1.82) is 0 Å². The number of carbonyl (C=O) groups is 3. The monoisotopic (exact) mass is 524 g/mol. The van der Waals surface area contributed by atoms with E-state index in [1.54, 1.807) is 4.68 Å². The molecule has 3 fully saturated rings. The van der Waals surface area contributed by atoms with Crippen LogP contribution < -0.4 is 10.2 Å². The third kappa shape index (κ3) is 5.78. The van der Waals surface area contributed by atoms with Crippen molar-refractivity contribution in [3.63, 3.8) is 0 Å². The fourth-order valence-electron chi connectivity index (χ4n) is 6.08. The lowest BCUT2D eigenvalue weighted by molar-refractivity contribution is -0.134. The predicted octanol–water partition coefficient (Wildman–Crippen LogP) is 3.74. The van der Waals surface area contributed by atoms with Gasteiger partial charge in [-0.15, -0.1) is 0 Å². The van der Waals surface area contributed by atoms with E-state index < -0.39 is 11.5 Å². The molecule has 1 atom stereocenters. The summed E-state index contributed by atoms with van der Waals surface area (Å²) in [5.41, 5.74) is 1.01. The van der Waals surface area contributed by atoms with Gasteiger partial charge in [0, 0.05) is 45.0 Å². The second-order valence-electron chi connectivity index (χ2n) is 12.1. The van der Waals surface area contributed by atoms with Gasteiger partial charge >= 0.3 is 6.09 Å². The summed E-state index contributed by atoms with van der Waals surface area (Å²) in [5.74, 6) is 1.39. The Hall–Kier alpha value is -3.17. The first-order chi connectivity index (χ1) is 18.1. The summed E-state index contributed by atoms with van der Waals surface area (Å²) in [6.45, 7) is 9.24. The van der Waals surface area contributed by atoms with Crippen LogP contribution in [0.1, 0.15) is 77.3 Å². The molecule has 0 bridgehead atoms. The normalized spacial score (nSPS) is 22.2. The number of imide groups is 1. The summed E-state index contributed by atoms with van der Waals surface area (Å²) in [6, 6.07) is 4.06. The number of hydrogen-bond acceptors (Lipinski definition) is 7. The van der Waals surface area contributed by atoms with E-state index in [0.717, 1.165) is 68.7 Å². The van der Waals surface area contributed by atoms with Gasteiger partial charge < -0.3 is 14.5 Å². The SMILES string of the molecule is Cn1nc(C2CCC(=O)NC2=O)c2ccc(N3CCC(CC4CCN(C(=O)OC(C)(C)C)CC4)CC3)nc21. The van der Waals surface area contributed by atoms with Gasteiger partial charge in [0.15, 0.2) is 5.65 Å². The standard InChI is InChI=1S/C28H40N6O4/c1-28(2,3)38-27(37)34-15-11-19(12-16-34)17-18-9-13-33(14-10-18)22-7-5-20-24(31-32(4)25(20)29-22)21-6-8-23(35)30-26(21)36/h5,7,18-19,21H,6,8-17H2,1-4H3,(H,30,35,36). The number of aromatic nitrogens is 3. The van der Waals surface area contributed by atoms with E-state index >= 15 is 0 Å². The minimum atomic E-state index is -0.451. The maximum Gasteiger partial charge on any atom is 0.410 e. The summed E-state index contributed by atoms with van der Waals surface area (Å²) >= 11 is 0. The van der Waals surface area contributed by atoms with Crippen LogP contribution >= 0.6 is 0 Å². The van der Waals surface area contributed by atoms with Crippen molar-refractivity contribution in [2.75, 3.05) is 31.1 Å². The molecule has 3 amide bonds. The lowest BCUT2D eigenvalue weighted by Crippen LogP contribution is -2.42. The number of likely N-dealkylation sites (tertiary alicyclic amines) is 1. The molecule has 0 radical (unpaired) electrons. The van der Waals surface area contributed by atoms with Gasteiger partial charge in [-0.1, -0.05) is 0 Å². The zero-order chi connectivity index (χ0) is 27.0. The Morgan fingerprint density at radius 1 is 1.03 bits per heavy atom. The number of aryl methyl sites for hydroxylation is 1. The van der Waals surface area contributed by atoms with Gasteiger partial charge in [0.2, 0.25) is 11.8 Å². The number of carbonyl (C=O) groups excluding carboxylic acids is 3. The average Bonchev–Trinajstić information content (AvgIpc) is 3.19. The van der Waals surface area contributed by atoms with E-state index in [2.05, 4.69) is 15.3 Å². The number of anilines is 1. The maximum atomic E-state index is 12.4. The molecule has 3 saturated heterocycles. The summed E-state index contributed by atoms with van der Waals surface area (Å²) in [4.78, 5) is 45.4. The Balaban J connectivity index is 1.14. The summed E-state index contributed by atoms with van der Waals surface area (Å²) in [7, 11) is 1.86. The molecule has 38 heavy (non-hydrogen) atoms. The Labute approximate surface area is 224 Å². The molecule has 5 heterocycles. The molecule has 2 aromatic heterocycles. The summed E-state index contributed by atoms with van der Waals surface area (Å²) in [6.07, 6.45) is 6.22. The van der Waals surface area contributed by atoms with Crippen molar-refractivity contribution < 1.29 is 19.1 Å². The maximum absolute atomic E-state index is 12.4. The lowest BCUT2D eigenvalue weighted by atomic mass is 9.83. The van der Waals surface area contributed by atoms with Crippen LogP contribution in [0, 0.1) is 11.8 Å². The number of amides is 3. The zero-order valence-electron chi connectivity index (χ0n) is 23.0. The quantitative estimate of drug-likeness (QED) is 0.607. The molecule has 0 aliphatic carbocycles. The van der Waals surface area contributed by atoms with Gasteiger partial charge in [0.1, 0.15) is 11.4 Å². The molecule has 3 aliphatic heterocycles. The molecule has 206 valence electrons. The predicted molar refractivity (Wildman–Crippen MR) is 144 cm³/mol. The molecule has 0 aromatic carbocycles. The number of hydrogen-bond donors (Lipinski definition) is 1. The summed E-state index contributed by atoms with van der Waals surface area (Å²) < 4.78 is 7.28. The molecule has 10 heteroatoms. The third-order valence-electron chi connectivity index (χ3n) is 8.14. The number of ether oxygens (including phenoxy) is 1. The van der Waals surface area contributed by atoms with Crippen molar-refractivity contribution in [2.45, 2.75) is 77.2 Å². The molecule has 10 nitrogen and oxygen atoms in total. The van der Waals surface area contributed by atoms with Crippen LogP contribution in [0.3, 0.4) is 0 Å². The van der Waals surface area contributed by atoms with Crippen molar-refractivity contribution >= 4 is 34.8 Å². The van der Waals surface area contributed by atoms with E-state index in [1.165, 1.54) is 6.42 Å². The van der Waals surface area contributed by atoms with Crippen molar-refractivity contribution in [3.05, 3.63) is 17.8 Å². The van der Waals surface area contributed by atoms with Crippen LogP contribution in [0.5, 0.6) is 0 Å². The van der Waals surface area contributed by atoms with E-state index in [1.807, 2.05) is 44.9 Å². The van der Waals surface area contributed by atoms with Gasteiger partial charge in [0.25, 0.3) is 0 Å². The molecule has 0 saturated carbocycles. The number of rotatable bonds is 4. The molecule has 1 unspecified atom stereocenters. The second-order valence-corrected chi connectivity index (χ2v) is 12.1. The number of nitrogens with one attached hydrogen (secondary N) is 1. The number of piperidine rings is 3. The molecule has 2 aromatic rings. The van der Waals surface area contributed by atoms with Crippen molar-refractivity contribution in [2.24, 2.45) is 18.9 Å². The first kappa shape index (κ1) is 26.4. The fourth-order valence-corrected chi connectivity index (χ4v) is 6.08. The van der Waals surface area contributed by atoms with E-state index in [4.69, 9.17) is 9.72 Å². The first-order valence-corrected chi connectivity index (χ1v) is 14.0.